The molecule has 2 atom stereocenters. The lowest BCUT2D eigenvalue weighted by atomic mass is 10.0. The summed E-state index contributed by atoms with van der Waals surface area (Å²) in [7, 11) is 0. The standard InChI is InChI=1S/C16H26FNO/c1-11(2)6-5-7-12(3)18-13(4)15-9-8-14(19)10-16(15)17/h8-13,18-19H,5-7H2,1-4H3. The Morgan fingerprint density at radius 3 is 2.42 bits per heavy atom. The van der Waals surface area contributed by atoms with E-state index in [1.807, 2.05) is 6.92 Å². The third-order valence-corrected chi connectivity index (χ3v) is 3.40. The molecule has 2 nitrogen and oxygen atoms in total. The molecule has 108 valence electrons. The van der Waals surface area contributed by atoms with Gasteiger partial charge in [0, 0.05) is 23.7 Å². The highest BCUT2D eigenvalue weighted by molar-refractivity contribution is 5.29. The van der Waals surface area contributed by atoms with Gasteiger partial charge < -0.3 is 10.4 Å². The van der Waals surface area contributed by atoms with Crippen molar-refractivity contribution in [1.82, 2.24) is 5.32 Å². The van der Waals surface area contributed by atoms with Gasteiger partial charge in [-0.1, -0.05) is 32.8 Å². The summed E-state index contributed by atoms with van der Waals surface area (Å²) in [6, 6.07) is 4.65. The molecule has 0 fully saturated rings. The molecule has 0 amide bonds. The van der Waals surface area contributed by atoms with Crippen molar-refractivity contribution >= 4 is 0 Å². The highest BCUT2D eigenvalue weighted by atomic mass is 19.1. The number of nitrogens with one attached hydrogen (secondary N) is 1. The lowest BCUT2D eigenvalue weighted by Gasteiger charge is -2.21. The minimum atomic E-state index is -0.352. The number of aromatic hydroxyl groups is 1. The Hall–Kier alpha value is -1.09. The second kappa shape index (κ2) is 7.49. The molecule has 0 aliphatic heterocycles. The van der Waals surface area contributed by atoms with Crippen LogP contribution in [0.25, 0.3) is 0 Å². The van der Waals surface area contributed by atoms with Gasteiger partial charge in [0.1, 0.15) is 11.6 Å². The fourth-order valence-electron chi connectivity index (χ4n) is 2.30. The summed E-state index contributed by atoms with van der Waals surface area (Å²) in [5, 5.41) is 12.6. The van der Waals surface area contributed by atoms with E-state index in [4.69, 9.17) is 0 Å². The van der Waals surface area contributed by atoms with Gasteiger partial charge in [-0.05, 0) is 32.3 Å². The van der Waals surface area contributed by atoms with Gasteiger partial charge in [-0.2, -0.15) is 0 Å². The third kappa shape index (κ3) is 5.60. The van der Waals surface area contributed by atoms with Gasteiger partial charge in [0.15, 0.2) is 0 Å². The number of hydrogen-bond acceptors (Lipinski definition) is 2. The van der Waals surface area contributed by atoms with Gasteiger partial charge >= 0.3 is 0 Å². The lowest BCUT2D eigenvalue weighted by Crippen LogP contribution is -2.29. The Morgan fingerprint density at radius 1 is 1.16 bits per heavy atom. The van der Waals surface area contributed by atoms with Gasteiger partial charge in [-0.15, -0.1) is 0 Å². The Balaban J connectivity index is 2.47. The summed E-state index contributed by atoms with van der Waals surface area (Å²) in [5.74, 6) is 0.354. The third-order valence-electron chi connectivity index (χ3n) is 3.40. The number of halogens is 1. The molecule has 3 heteroatoms. The van der Waals surface area contributed by atoms with E-state index in [2.05, 4.69) is 26.1 Å². The first-order chi connectivity index (χ1) is 8.90. The predicted molar refractivity (Wildman–Crippen MR) is 77.8 cm³/mol. The van der Waals surface area contributed by atoms with Crippen LogP contribution in [0.4, 0.5) is 4.39 Å². The molecule has 0 aliphatic carbocycles. The van der Waals surface area contributed by atoms with Crippen LogP contribution < -0.4 is 5.32 Å². The molecular formula is C16H26FNO. The molecule has 0 aliphatic rings. The van der Waals surface area contributed by atoms with E-state index < -0.39 is 0 Å². The van der Waals surface area contributed by atoms with Crippen molar-refractivity contribution in [2.24, 2.45) is 5.92 Å². The number of benzene rings is 1. The van der Waals surface area contributed by atoms with E-state index in [0.29, 0.717) is 11.6 Å². The topological polar surface area (TPSA) is 32.3 Å². The number of phenolic OH excluding ortho intramolecular Hbond substituents is 1. The van der Waals surface area contributed by atoms with E-state index in [1.54, 1.807) is 6.07 Å². The molecule has 2 N–H and O–H groups in total. The second-order valence-corrected chi connectivity index (χ2v) is 5.82. The Kier molecular flexibility index (Phi) is 6.29. The maximum absolute atomic E-state index is 13.7. The van der Waals surface area contributed by atoms with Crippen molar-refractivity contribution in [3.8, 4) is 5.75 Å². The fraction of sp³-hybridized carbons (Fsp3) is 0.625. The van der Waals surface area contributed by atoms with Crippen molar-refractivity contribution in [1.29, 1.82) is 0 Å². The van der Waals surface area contributed by atoms with E-state index in [-0.39, 0.29) is 17.6 Å². The van der Waals surface area contributed by atoms with E-state index in [1.165, 1.54) is 18.9 Å². The normalized spacial score (nSPS) is 14.6. The zero-order chi connectivity index (χ0) is 14.4. The first kappa shape index (κ1) is 16.0. The zero-order valence-corrected chi connectivity index (χ0v) is 12.4. The zero-order valence-electron chi connectivity index (χ0n) is 12.4. The highest BCUT2D eigenvalue weighted by Crippen LogP contribution is 2.22. The first-order valence-corrected chi connectivity index (χ1v) is 7.14. The summed E-state index contributed by atoms with van der Waals surface area (Å²) >= 11 is 0. The van der Waals surface area contributed by atoms with Crippen LogP contribution in [0.1, 0.15) is 58.6 Å². The monoisotopic (exact) mass is 267 g/mol. The van der Waals surface area contributed by atoms with Crippen LogP contribution in [0.5, 0.6) is 5.75 Å². The van der Waals surface area contributed by atoms with Crippen LogP contribution >= 0.6 is 0 Å². The minimum absolute atomic E-state index is 0.0292. The summed E-state index contributed by atoms with van der Waals surface area (Å²) in [5.41, 5.74) is 0.605. The quantitative estimate of drug-likeness (QED) is 0.767. The first-order valence-electron chi connectivity index (χ1n) is 7.14. The summed E-state index contributed by atoms with van der Waals surface area (Å²) in [6.45, 7) is 8.54. The number of hydrogen-bond donors (Lipinski definition) is 2. The molecule has 1 rings (SSSR count). The van der Waals surface area contributed by atoms with E-state index >= 15 is 0 Å². The van der Waals surface area contributed by atoms with Gasteiger partial charge in [-0.3, -0.25) is 0 Å². The molecule has 0 saturated carbocycles. The maximum atomic E-state index is 13.7. The fourth-order valence-corrected chi connectivity index (χ4v) is 2.30. The Morgan fingerprint density at radius 2 is 1.84 bits per heavy atom. The largest absolute Gasteiger partial charge is 0.508 e. The highest BCUT2D eigenvalue weighted by Gasteiger charge is 2.13. The lowest BCUT2D eigenvalue weighted by molar-refractivity contribution is 0.414. The molecular weight excluding hydrogens is 241 g/mol. The Labute approximate surface area is 116 Å². The Bertz CT molecular complexity index is 392. The average Bonchev–Trinajstić information content (AvgIpc) is 2.27. The minimum Gasteiger partial charge on any atom is -0.508 e. The van der Waals surface area contributed by atoms with Crippen molar-refractivity contribution in [2.45, 2.75) is 59.0 Å². The van der Waals surface area contributed by atoms with Crippen LogP contribution in [0, 0.1) is 11.7 Å². The van der Waals surface area contributed by atoms with Gasteiger partial charge in [0.2, 0.25) is 0 Å². The van der Waals surface area contributed by atoms with Gasteiger partial charge in [0.25, 0.3) is 0 Å². The van der Waals surface area contributed by atoms with Crippen molar-refractivity contribution in [3.05, 3.63) is 29.6 Å². The van der Waals surface area contributed by atoms with Crippen molar-refractivity contribution in [3.63, 3.8) is 0 Å². The summed E-state index contributed by atoms with van der Waals surface area (Å²) in [4.78, 5) is 0. The van der Waals surface area contributed by atoms with Gasteiger partial charge in [-0.25, -0.2) is 4.39 Å². The van der Waals surface area contributed by atoms with Crippen molar-refractivity contribution < 1.29 is 9.50 Å². The molecule has 0 aromatic heterocycles. The second-order valence-electron chi connectivity index (χ2n) is 5.82. The predicted octanol–water partition coefficient (Wildman–Crippen LogP) is 4.40. The molecule has 0 saturated heterocycles. The van der Waals surface area contributed by atoms with E-state index in [9.17, 15) is 9.50 Å². The molecule has 2 unspecified atom stereocenters. The molecule has 0 radical (unpaired) electrons. The molecule has 0 bridgehead atoms. The van der Waals surface area contributed by atoms with E-state index in [0.717, 1.165) is 18.4 Å². The molecule has 0 heterocycles. The molecule has 19 heavy (non-hydrogen) atoms. The smallest absolute Gasteiger partial charge is 0.131 e. The molecule has 1 aromatic rings. The molecule has 0 spiro atoms. The van der Waals surface area contributed by atoms with Crippen LogP contribution in [0.2, 0.25) is 0 Å². The van der Waals surface area contributed by atoms with Crippen LogP contribution in [0.3, 0.4) is 0 Å². The maximum Gasteiger partial charge on any atom is 0.131 e. The number of phenols is 1. The SMILES string of the molecule is CC(C)CCCC(C)NC(C)c1ccc(O)cc1F. The van der Waals surface area contributed by atoms with Crippen LogP contribution in [-0.4, -0.2) is 11.1 Å². The average molecular weight is 267 g/mol. The summed E-state index contributed by atoms with van der Waals surface area (Å²) < 4.78 is 13.7. The summed E-state index contributed by atoms with van der Waals surface area (Å²) in [6.07, 6.45) is 3.52. The van der Waals surface area contributed by atoms with Gasteiger partial charge in [0.05, 0.1) is 0 Å². The van der Waals surface area contributed by atoms with Crippen LogP contribution in [0.15, 0.2) is 18.2 Å². The van der Waals surface area contributed by atoms with Crippen LogP contribution in [-0.2, 0) is 0 Å². The molecule has 1 aromatic carbocycles. The number of rotatable bonds is 7. The van der Waals surface area contributed by atoms with Crippen molar-refractivity contribution in [2.75, 3.05) is 0 Å².